The number of aryl methyl sites for hydroxylation is 1. The van der Waals surface area contributed by atoms with Crippen molar-refractivity contribution in [2.75, 3.05) is 6.26 Å². The molecule has 128 valence electrons. The number of sulfone groups is 1. The molecule has 0 saturated carbocycles. The Morgan fingerprint density at radius 3 is 1.50 bits per heavy atom. The van der Waals surface area contributed by atoms with Crippen LogP contribution in [0.1, 0.15) is 0 Å². The van der Waals surface area contributed by atoms with E-state index in [1.54, 1.807) is 0 Å². The van der Waals surface area contributed by atoms with E-state index >= 15 is 0 Å². The lowest BCUT2D eigenvalue weighted by Crippen LogP contribution is -2.68. The largest absolute Gasteiger partial charge is 0.224 e. The maximum Gasteiger partial charge on any atom is 0.214 e. The van der Waals surface area contributed by atoms with Gasteiger partial charge in [-0.3, -0.25) is 0 Å². The van der Waals surface area contributed by atoms with Crippen LogP contribution in [-0.4, -0.2) is 14.7 Å². The van der Waals surface area contributed by atoms with Gasteiger partial charge in [-0.15, -0.1) is 10.2 Å². The molecule has 2 aromatic carbocycles. The number of nitrogens with zero attached hydrogens (tertiary/aromatic N) is 1. The van der Waals surface area contributed by atoms with Gasteiger partial charge in [0.25, 0.3) is 0 Å². The average molecular weight is 372 g/mol. The van der Waals surface area contributed by atoms with Crippen LogP contribution >= 0.6 is 0 Å². The molecule has 0 N–H and O–H groups in total. The Labute approximate surface area is 140 Å². The van der Waals surface area contributed by atoms with Gasteiger partial charge in [0.05, 0.1) is 15.7 Å². The van der Waals surface area contributed by atoms with E-state index in [9.17, 15) is 8.42 Å². The second-order valence-corrected chi connectivity index (χ2v) is 7.78. The fraction of sp³-hybridized carbons (Fsp3) is 0.133. The third-order valence-corrected chi connectivity index (χ3v) is 4.57. The van der Waals surface area contributed by atoms with E-state index < -0.39 is 20.1 Å². The van der Waals surface area contributed by atoms with Crippen LogP contribution in [0, 0.1) is 10.2 Å². The predicted octanol–water partition coefficient (Wildman–Crippen LogP) is -2.53. The number of benzene rings is 2. The summed E-state index contributed by atoms with van der Waals surface area (Å²) in [5.41, 5.74) is 1.84. The highest BCUT2D eigenvalue weighted by molar-refractivity contribution is 7.91. The van der Waals surface area contributed by atoms with Crippen LogP contribution in [0.3, 0.4) is 0 Å². The fourth-order valence-corrected chi connectivity index (χ4v) is 3.73. The molecule has 9 heteroatoms. The Bertz CT molecular complexity index is 935. The number of hydrogen-bond donors (Lipinski definition) is 0. The van der Waals surface area contributed by atoms with Crippen molar-refractivity contribution in [3.05, 3.63) is 48.5 Å². The van der Waals surface area contributed by atoms with Gasteiger partial charge < -0.3 is 0 Å². The molecule has 1 aromatic heterocycles. The van der Waals surface area contributed by atoms with Gasteiger partial charge in [0.1, 0.15) is 7.05 Å². The van der Waals surface area contributed by atoms with Gasteiger partial charge in [0.2, 0.25) is 11.0 Å². The van der Waals surface area contributed by atoms with E-state index in [2.05, 4.69) is 0 Å². The van der Waals surface area contributed by atoms with Crippen LogP contribution in [0.5, 0.6) is 0 Å². The standard InChI is InChI=1S/C15H14NO2S.ClHO4/c1-16-13-9-5-3-7-11(13)15(19(2,17)18)12-8-4-6-10-14(12)16;2-1(3,4)5/h3-10H,1-2H3;(H,2,3,4,5)/q+1;/p-1. The number of para-hydroxylation sites is 2. The Balaban J connectivity index is 0.000000368. The average Bonchev–Trinajstić information content (AvgIpc) is 2.44. The van der Waals surface area contributed by atoms with Crippen molar-refractivity contribution < 1.29 is 41.9 Å². The van der Waals surface area contributed by atoms with Crippen molar-refractivity contribution in [1.29, 1.82) is 0 Å². The van der Waals surface area contributed by atoms with Crippen LogP contribution in [0.15, 0.2) is 53.4 Å². The molecule has 0 bridgehead atoms. The van der Waals surface area contributed by atoms with Gasteiger partial charge in [0.15, 0.2) is 9.84 Å². The molecule has 0 fully saturated rings. The number of halogens is 1. The van der Waals surface area contributed by atoms with E-state index in [0.29, 0.717) is 4.90 Å². The van der Waals surface area contributed by atoms with Gasteiger partial charge >= 0.3 is 0 Å². The predicted molar refractivity (Wildman–Crippen MR) is 75.7 cm³/mol. The molecule has 0 saturated heterocycles. The molecule has 0 aliphatic rings. The van der Waals surface area contributed by atoms with Crippen molar-refractivity contribution in [3.8, 4) is 0 Å². The first-order valence-electron chi connectivity index (χ1n) is 6.61. The van der Waals surface area contributed by atoms with Crippen LogP contribution in [0.25, 0.3) is 21.8 Å². The minimum absolute atomic E-state index is 0.414. The number of hydrogen-bond acceptors (Lipinski definition) is 6. The molecule has 0 amide bonds. The lowest BCUT2D eigenvalue weighted by molar-refractivity contribution is -2.00. The SMILES string of the molecule is C[n+]1c2ccccc2c(S(C)(=O)=O)c2ccccc21.[O-][Cl+3]([O-])([O-])[O-]. The molecule has 7 nitrogen and oxygen atoms in total. The number of rotatable bonds is 1. The van der Waals surface area contributed by atoms with Crippen LogP contribution < -0.4 is 23.2 Å². The van der Waals surface area contributed by atoms with Crippen molar-refractivity contribution in [1.82, 2.24) is 0 Å². The third-order valence-electron chi connectivity index (χ3n) is 3.39. The molecule has 3 aromatic rings. The highest BCUT2D eigenvalue weighted by Crippen LogP contribution is 2.28. The first kappa shape index (κ1) is 18.5. The zero-order valence-electron chi connectivity index (χ0n) is 12.8. The Hall–Kier alpha value is -1.81. The smallest absolute Gasteiger partial charge is 0.214 e. The minimum Gasteiger partial charge on any atom is -0.224 e. The topological polar surface area (TPSA) is 130 Å². The zero-order chi connectivity index (χ0) is 18.1. The fourth-order valence-electron chi connectivity index (χ4n) is 2.59. The first-order valence-corrected chi connectivity index (χ1v) is 9.74. The summed E-state index contributed by atoms with van der Waals surface area (Å²) in [6.45, 7) is 0. The summed E-state index contributed by atoms with van der Waals surface area (Å²) in [7, 11) is -6.28. The highest BCUT2D eigenvalue weighted by Gasteiger charge is 2.22. The van der Waals surface area contributed by atoms with E-state index in [4.69, 9.17) is 18.6 Å². The molecule has 24 heavy (non-hydrogen) atoms. The number of aromatic nitrogens is 1. The maximum absolute atomic E-state index is 12.2. The highest BCUT2D eigenvalue weighted by atomic mass is 35.7. The summed E-state index contributed by atoms with van der Waals surface area (Å²) >= 11 is 0. The van der Waals surface area contributed by atoms with Gasteiger partial charge in [-0.1, -0.05) is 24.3 Å². The molecular formula is C15H14ClNO6S. The lowest BCUT2D eigenvalue weighted by atomic mass is 10.1. The summed E-state index contributed by atoms with van der Waals surface area (Å²) in [5.74, 6) is 0. The normalized spacial score (nSPS) is 12.1. The lowest BCUT2D eigenvalue weighted by Gasteiger charge is -2.17. The second kappa shape index (κ2) is 6.60. The van der Waals surface area contributed by atoms with Gasteiger partial charge in [-0.05, 0) is 12.1 Å². The summed E-state index contributed by atoms with van der Waals surface area (Å²) in [6.07, 6.45) is 1.27. The van der Waals surface area contributed by atoms with Gasteiger partial charge in [-0.25, -0.2) is 27.1 Å². The molecular weight excluding hydrogens is 358 g/mol. The molecule has 0 aliphatic heterocycles. The summed E-state index contributed by atoms with van der Waals surface area (Å²) in [4.78, 5) is 0.414. The van der Waals surface area contributed by atoms with Gasteiger partial charge in [0, 0.05) is 18.4 Å². The Morgan fingerprint density at radius 1 is 0.833 bits per heavy atom. The minimum atomic E-state index is -4.94. The van der Waals surface area contributed by atoms with Gasteiger partial charge in [-0.2, -0.15) is 4.57 Å². The molecule has 0 unspecified atom stereocenters. The van der Waals surface area contributed by atoms with Crippen LogP contribution in [-0.2, 0) is 16.9 Å². The second-order valence-electron chi connectivity index (χ2n) is 5.07. The monoisotopic (exact) mass is 371 g/mol. The zero-order valence-corrected chi connectivity index (χ0v) is 14.4. The molecule has 0 aliphatic carbocycles. The molecule has 0 spiro atoms. The van der Waals surface area contributed by atoms with Crippen molar-refractivity contribution in [2.24, 2.45) is 7.05 Å². The summed E-state index contributed by atoms with van der Waals surface area (Å²) in [5, 5.41) is 1.54. The van der Waals surface area contributed by atoms with Crippen LogP contribution in [0.4, 0.5) is 0 Å². The van der Waals surface area contributed by atoms with Crippen molar-refractivity contribution >= 4 is 31.6 Å². The number of pyridine rings is 1. The molecule has 0 radical (unpaired) electrons. The van der Waals surface area contributed by atoms with E-state index in [-0.39, 0.29) is 0 Å². The number of fused-ring (bicyclic) bond motifs is 2. The van der Waals surface area contributed by atoms with Crippen LogP contribution in [0.2, 0.25) is 0 Å². The van der Waals surface area contributed by atoms with E-state index in [1.165, 1.54) is 6.26 Å². The Morgan fingerprint density at radius 2 is 1.17 bits per heavy atom. The van der Waals surface area contributed by atoms with E-state index in [1.807, 2.05) is 60.1 Å². The Kier molecular flexibility index (Phi) is 5.09. The maximum atomic E-state index is 12.2. The summed E-state index contributed by atoms with van der Waals surface area (Å²) < 4.78 is 60.3. The van der Waals surface area contributed by atoms with Crippen molar-refractivity contribution in [2.45, 2.75) is 4.90 Å². The molecule has 1 heterocycles. The molecule has 0 atom stereocenters. The summed E-state index contributed by atoms with van der Waals surface area (Å²) in [6, 6.07) is 15.2. The first-order chi connectivity index (χ1) is 11.0. The van der Waals surface area contributed by atoms with E-state index in [0.717, 1.165) is 21.8 Å². The molecule has 3 rings (SSSR count). The third kappa shape index (κ3) is 4.18. The quantitative estimate of drug-likeness (QED) is 0.342. The van der Waals surface area contributed by atoms with Crippen molar-refractivity contribution in [3.63, 3.8) is 0 Å².